The third-order valence-electron chi connectivity index (χ3n) is 3.53. The maximum atomic E-state index is 12.4. The predicted molar refractivity (Wildman–Crippen MR) is 103 cm³/mol. The summed E-state index contributed by atoms with van der Waals surface area (Å²) in [5, 5.41) is 3.78. The van der Waals surface area contributed by atoms with Gasteiger partial charge in [0.1, 0.15) is 5.75 Å². The topological polar surface area (TPSA) is 67.0 Å². The molecule has 0 aliphatic rings. The first-order chi connectivity index (χ1) is 12.0. The van der Waals surface area contributed by atoms with E-state index in [1.54, 1.807) is 32.2 Å². The molecule has 0 fully saturated rings. The molecule has 1 aromatic heterocycles. The predicted octanol–water partition coefficient (Wildman–Crippen LogP) is 5.00. The van der Waals surface area contributed by atoms with Gasteiger partial charge in [-0.2, -0.15) is 0 Å². The lowest BCUT2D eigenvalue weighted by Gasteiger charge is -2.12. The van der Waals surface area contributed by atoms with Gasteiger partial charge in [0, 0.05) is 6.07 Å². The van der Waals surface area contributed by atoms with Gasteiger partial charge in [-0.25, -0.2) is 4.98 Å². The van der Waals surface area contributed by atoms with E-state index in [0.29, 0.717) is 20.9 Å². The molecule has 5 nitrogen and oxygen atoms in total. The number of ether oxygens (including phenoxy) is 1. The number of aromatic amines is 1. The third-order valence-corrected chi connectivity index (χ3v) is 5.34. The molecule has 1 atom stereocenters. The molecule has 0 radical (unpaired) electrons. The molecular weight excluding hydrogens is 381 g/mol. The Morgan fingerprint density at radius 3 is 2.88 bits per heavy atom. The lowest BCUT2D eigenvalue weighted by Crippen LogP contribution is -2.22. The van der Waals surface area contributed by atoms with Gasteiger partial charge < -0.3 is 15.0 Å². The van der Waals surface area contributed by atoms with Crippen molar-refractivity contribution in [3.05, 3.63) is 46.4 Å². The van der Waals surface area contributed by atoms with Gasteiger partial charge in [0.2, 0.25) is 5.91 Å². The number of fused-ring (bicyclic) bond motifs is 1. The van der Waals surface area contributed by atoms with E-state index in [0.717, 1.165) is 16.8 Å². The van der Waals surface area contributed by atoms with E-state index in [4.69, 9.17) is 27.9 Å². The van der Waals surface area contributed by atoms with Crippen LogP contribution in [0.4, 0.5) is 5.69 Å². The lowest BCUT2D eigenvalue weighted by atomic mass is 10.3. The number of nitrogens with one attached hydrogen (secondary N) is 2. The Balaban J connectivity index is 1.71. The van der Waals surface area contributed by atoms with Crippen molar-refractivity contribution in [1.29, 1.82) is 0 Å². The number of thioether (sulfide) groups is 1. The third kappa shape index (κ3) is 4.03. The monoisotopic (exact) mass is 395 g/mol. The average Bonchev–Trinajstić information content (AvgIpc) is 2.99. The van der Waals surface area contributed by atoms with Crippen LogP contribution in [0.15, 0.2) is 41.6 Å². The molecule has 0 bridgehead atoms. The van der Waals surface area contributed by atoms with Gasteiger partial charge in [0.25, 0.3) is 0 Å². The van der Waals surface area contributed by atoms with E-state index in [2.05, 4.69) is 15.3 Å². The van der Waals surface area contributed by atoms with Gasteiger partial charge in [0.05, 0.1) is 39.1 Å². The zero-order chi connectivity index (χ0) is 18.0. The van der Waals surface area contributed by atoms with Crippen LogP contribution in [-0.2, 0) is 4.79 Å². The molecule has 1 amide bonds. The molecule has 130 valence electrons. The van der Waals surface area contributed by atoms with E-state index in [1.165, 1.54) is 11.8 Å². The van der Waals surface area contributed by atoms with E-state index < -0.39 is 0 Å². The molecule has 0 spiro atoms. The maximum Gasteiger partial charge on any atom is 0.237 e. The minimum atomic E-state index is -0.377. The zero-order valence-corrected chi connectivity index (χ0v) is 15.8. The molecule has 2 aromatic carbocycles. The van der Waals surface area contributed by atoms with Crippen molar-refractivity contribution in [2.45, 2.75) is 17.3 Å². The molecule has 2 N–H and O–H groups in total. The quantitative estimate of drug-likeness (QED) is 0.596. The molecule has 0 saturated carbocycles. The number of amides is 1. The van der Waals surface area contributed by atoms with Crippen LogP contribution in [0.2, 0.25) is 10.0 Å². The Labute approximate surface area is 159 Å². The van der Waals surface area contributed by atoms with Crippen molar-refractivity contribution in [3.8, 4) is 5.75 Å². The number of carbonyl (C=O) groups excluding carboxylic acids is 1. The molecule has 8 heteroatoms. The summed E-state index contributed by atoms with van der Waals surface area (Å²) in [6.45, 7) is 1.80. The Morgan fingerprint density at radius 1 is 1.32 bits per heavy atom. The number of H-pyrrole nitrogens is 1. The van der Waals surface area contributed by atoms with Crippen molar-refractivity contribution < 1.29 is 9.53 Å². The number of rotatable bonds is 5. The number of halogens is 2. The van der Waals surface area contributed by atoms with E-state index >= 15 is 0 Å². The summed E-state index contributed by atoms with van der Waals surface area (Å²) in [5.41, 5.74) is 2.15. The van der Waals surface area contributed by atoms with Crippen LogP contribution >= 0.6 is 35.0 Å². The number of anilines is 1. The van der Waals surface area contributed by atoms with Crippen LogP contribution in [0, 0.1) is 0 Å². The zero-order valence-electron chi connectivity index (χ0n) is 13.5. The standard InChI is InChI=1S/C17H15Cl2N3O2S/c1-9(16(23)20-13-5-3-4-11(18)15(13)19)25-17-21-12-7-6-10(24-2)8-14(12)22-17/h3-9H,1-2H3,(H,20,23)(H,21,22)/t9-/m1/s1. The molecule has 0 aliphatic heterocycles. The summed E-state index contributed by atoms with van der Waals surface area (Å²) in [4.78, 5) is 20.1. The van der Waals surface area contributed by atoms with Gasteiger partial charge in [-0.15, -0.1) is 0 Å². The maximum absolute atomic E-state index is 12.4. The second-order valence-corrected chi connectivity index (χ2v) is 7.39. The average molecular weight is 396 g/mol. The molecule has 25 heavy (non-hydrogen) atoms. The largest absolute Gasteiger partial charge is 0.497 e. The Hall–Kier alpha value is -1.89. The summed E-state index contributed by atoms with van der Waals surface area (Å²) < 4.78 is 5.20. The van der Waals surface area contributed by atoms with Crippen molar-refractivity contribution >= 4 is 57.6 Å². The molecule has 0 aliphatic carbocycles. The second-order valence-electron chi connectivity index (χ2n) is 5.28. The highest BCUT2D eigenvalue weighted by Gasteiger charge is 2.18. The van der Waals surface area contributed by atoms with Crippen LogP contribution in [-0.4, -0.2) is 28.2 Å². The molecule has 3 aromatic rings. The summed E-state index contributed by atoms with van der Waals surface area (Å²) in [6, 6.07) is 10.7. The Kier molecular flexibility index (Phi) is 5.42. The highest BCUT2D eigenvalue weighted by molar-refractivity contribution is 8.00. The van der Waals surface area contributed by atoms with Crippen LogP contribution in [0.5, 0.6) is 5.75 Å². The van der Waals surface area contributed by atoms with Gasteiger partial charge >= 0.3 is 0 Å². The first-order valence-electron chi connectivity index (χ1n) is 7.43. The molecule has 0 unspecified atom stereocenters. The van der Waals surface area contributed by atoms with Crippen molar-refractivity contribution in [2.24, 2.45) is 0 Å². The number of carbonyl (C=O) groups is 1. The fourth-order valence-electron chi connectivity index (χ4n) is 2.20. The highest BCUT2D eigenvalue weighted by atomic mass is 35.5. The number of aromatic nitrogens is 2. The molecule has 1 heterocycles. The van der Waals surface area contributed by atoms with E-state index in [-0.39, 0.29) is 11.2 Å². The van der Waals surface area contributed by atoms with Gasteiger partial charge in [0.15, 0.2) is 5.16 Å². The Morgan fingerprint density at radius 2 is 2.12 bits per heavy atom. The highest BCUT2D eigenvalue weighted by Crippen LogP contribution is 2.31. The van der Waals surface area contributed by atoms with Gasteiger partial charge in [-0.3, -0.25) is 4.79 Å². The summed E-state index contributed by atoms with van der Waals surface area (Å²) in [6.07, 6.45) is 0. The molecule has 3 rings (SSSR count). The van der Waals surface area contributed by atoms with Crippen LogP contribution in [0.1, 0.15) is 6.92 Å². The van der Waals surface area contributed by atoms with Gasteiger partial charge in [-0.1, -0.05) is 41.0 Å². The normalized spacial score (nSPS) is 12.2. The van der Waals surface area contributed by atoms with Crippen LogP contribution in [0.25, 0.3) is 11.0 Å². The van der Waals surface area contributed by atoms with Crippen molar-refractivity contribution in [1.82, 2.24) is 9.97 Å². The van der Waals surface area contributed by atoms with E-state index in [1.807, 2.05) is 18.2 Å². The smallest absolute Gasteiger partial charge is 0.237 e. The van der Waals surface area contributed by atoms with Crippen LogP contribution in [0.3, 0.4) is 0 Å². The number of benzene rings is 2. The summed E-state index contributed by atoms with van der Waals surface area (Å²) in [7, 11) is 1.61. The minimum absolute atomic E-state index is 0.188. The fraction of sp³-hybridized carbons (Fsp3) is 0.176. The summed E-state index contributed by atoms with van der Waals surface area (Å²) in [5.74, 6) is 0.557. The van der Waals surface area contributed by atoms with Gasteiger partial charge in [-0.05, 0) is 31.2 Å². The van der Waals surface area contributed by atoms with Crippen molar-refractivity contribution in [3.63, 3.8) is 0 Å². The number of nitrogens with zero attached hydrogens (tertiary/aromatic N) is 1. The SMILES string of the molecule is COc1ccc2nc(S[C@H](C)C(=O)Nc3cccc(Cl)c3Cl)[nH]c2c1. The first kappa shape index (κ1) is 17.9. The Bertz CT molecular complexity index is 929. The minimum Gasteiger partial charge on any atom is -0.497 e. The van der Waals surface area contributed by atoms with Crippen molar-refractivity contribution in [2.75, 3.05) is 12.4 Å². The molecular formula is C17H15Cl2N3O2S. The lowest BCUT2D eigenvalue weighted by molar-refractivity contribution is -0.115. The second kappa shape index (κ2) is 7.56. The van der Waals surface area contributed by atoms with E-state index in [9.17, 15) is 4.79 Å². The summed E-state index contributed by atoms with van der Waals surface area (Å²) >= 11 is 13.4. The number of imidazole rings is 1. The number of hydrogen-bond donors (Lipinski definition) is 2. The number of methoxy groups -OCH3 is 1. The van der Waals surface area contributed by atoms with Crippen LogP contribution < -0.4 is 10.1 Å². The first-order valence-corrected chi connectivity index (χ1v) is 9.07. The fourth-order valence-corrected chi connectivity index (χ4v) is 3.37. The number of hydrogen-bond acceptors (Lipinski definition) is 4. The molecule has 0 saturated heterocycles.